The van der Waals surface area contributed by atoms with Crippen LogP contribution < -0.4 is 20.3 Å². The topological polar surface area (TPSA) is 56.8 Å². The number of carbonyl (C=O) groups is 1. The van der Waals surface area contributed by atoms with Crippen molar-refractivity contribution in [2.45, 2.75) is 39.2 Å². The van der Waals surface area contributed by atoms with Crippen LogP contribution in [0.3, 0.4) is 0 Å². The van der Waals surface area contributed by atoms with E-state index < -0.39 is 0 Å². The number of fused-ring (bicyclic) bond motifs is 1. The number of hydrogen-bond donors (Lipinski definition) is 2. The summed E-state index contributed by atoms with van der Waals surface area (Å²) in [5, 5.41) is 6.70. The van der Waals surface area contributed by atoms with E-state index in [1.54, 1.807) is 0 Å². The highest BCUT2D eigenvalue weighted by atomic mass is 16.5. The lowest BCUT2D eigenvalue weighted by Gasteiger charge is -2.23. The van der Waals surface area contributed by atoms with Gasteiger partial charge < -0.3 is 25.2 Å². The summed E-state index contributed by atoms with van der Waals surface area (Å²) in [7, 11) is 4.06. The third-order valence-corrected chi connectivity index (χ3v) is 6.89. The molecule has 196 valence electrons. The number of hydrogen-bond acceptors (Lipinski definition) is 5. The predicted molar refractivity (Wildman–Crippen MR) is 155 cm³/mol. The monoisotopic (exact) mass is 500 g/mol. The molecule has 4 rings (SSSR count). The SMILES string of the molecule is CCCN(C)CCCOc1cc(C(=O)N2CC[C@H](C)Nc3ccccc32)ccc1-c1ccc(NC)cc1. The fourth-order valence-electron chi connectivity index (χ4n) is 4.82. The normalized spacial score (nSPS) is 15.1. The van der Waals surface area contributed by atoms with Crippen molar-refractivity contribution in [3.8, 4) is 16.9 Å². The molecule has 6 nitrogen and oxygen atoms in total. The number of anilines is 3. The quantitative estimate of drug-likeness (QED) is 0.317. The van der Waals surface area contributed by atoms with Crippen molar-refractivity contribution in [3.05, 3.63) is 72.3 Å². The summed E-state index contributed by atoms with van der Waals surface area (Å²) in [6.45, 7) is 7.67. The second kappa shape index (κ2) is 12.6. The molecule has 0 bridgehead atoms. The minimum Gasteiger partial charge on any atom is -0.493 e. The number of nitrogens with one attached hydrogen (secondary N) is 2. The molecule has 3 aromatic rings. The smallest absolute Gasteiger partial charge is 0.258 e. The zero-order valence-electron chi connectivity index (χ0n) is 22.6. The van der Waals surface area contributed by atoms with Gasteiger partial charge in [0.1, 0.15) is 5.75 Å². The molecule has 0 saturated carbocycles. The Morgan fingerprint density at radius 2 is 1.89 bits per heavy atom. The van der Waals surface area contributed by atoms with Crippen LogP contribution in [0.4, 0.5) is 17.1 Å². The summed E-state index contributed by atoms with van der Waals surface area (Å²) in [5.41, 5.74) is 5.67. The number of para-hydroxylation sites is 2. The van der Waals surface area contributed by atoms with E-state index in [-0.39, 0.29) is 5.91 Å². The van der Waals surface area contributed by atoms with Gasteiger partial charge in [-0.2, -0.15) is 0 Å². The first kappa shape index (κ1) is 26.6. The molecule has 0 unspecified atom stereocenters. The molecule has 0 spiro atoms. The Morgan fingerprint density at radius 1 is 1.11 bits per heavy atom. The Morgan fingerprint density at radius 3 is 2.65 bits per heavy atom. The standard InChI is InChI=1S/C31H40N4O2/c1-5-18-34(4)19-8-21-37-30-22-25(13-16-27(30)24-11-14-26(32-3)15-12-24)31(36)35-20-17-23(2)33-28-9-6-7-10-29(28)35/h6-7,9-16,22-23,32-33H,5,8,17-21H2,1-4H3/t23-/m0/s1. The lowest BCUT2D eigenvalue weighted by atomic mass is 10.0. The summed E-state index contributed by atoms with van der Waals surface area (Å²) in [4.78, 5) is 18.0. The number of nitrogens with zero attached hydrogens (tertiary/aromatic N) is 2. The summed E-state index contributed by atoms with van der Waals surface area (Å²) in [6, 6.07) is 22.5. The van der Waals surface area contributed by atoms with Crippen molar-refractivity contribution in [1.82, 2.24) is 4.90 Å². The molecule has 37 heavy (non-hydrogen) atoms. The summed E-state index contributed by atoms with van der Waals surface area (Å²) >= 11 is 0. The molecule has 3 aromatic carbocycles. The number of rotatable bonds is 10. The first-order valence-corrected chi connectivity index (χ1v) is 13.4. The molecule has 1 heterocycles. The third-order valence-electron chi connectivity index (χ3n) is 6.89. The van der Waals surface area contributed by atoms with Gasteiger partial charge in [0, 0.05) is 43.0 Å². The van der Waals surface area contributed by atoms with E-state index in [0.29, 0.717) is 24.8 Å². The highest BCUT2D eigenvalue weighted by Gasteiger charge is 2.25. The van der Waals surface area contributed by atoms with Crippen molar-refractivity contribution in [1.29, 1.82) is 0 Å². The van der Waals surface area contributed by atoms with Gasteiger partial charge in [0.2, 0.25) is 0 Å². The first-order valence-electron chi connectivity index (χ1n) is 13.4. The summed E-state index contributed by atoms with van der Waals surface area (Å²) < 4.78 is 6.34. The fourth-order valence-corrected chi connectivity index (χ4v) is 4.82. The zero-order valence-corrected chi connectivity index (χ0v) is 22.6. The molecule has 1 atom stereocenters. The molecule has 0 aromatic heterocycles. The molecule has 1 aliphatic heterocycles. The largest absolute Gasteiger partial charge is 0.493 e. The Balaban J connectivity index is 1.61. The van der Waals surface area contributed by atoms with Gasteiger partial charge in [0.25, 0.3) is 5.91 Å². The van der Waals surface area contributed by atoms with E-state index in [0.717, 1.165) is 66.3 Å². The van der Waals surface area contributed by atoms with Crippen LogP contribution in [0.15, 0.2) is 66.7 Å². The highest BCUT2D eigenvalue weighted by molar-refractivity contribution is 6.08. The van der Waals surface area contributed by atoms with Crippen LogP contribution in [-0.4, -0.2) is 57.2 Å². The van der Waals surface area contributed by atoms with Crippen molar-refractivity contribution < 1.29 is 9.53 Å². The van der Waals surface area contributed by atoms with Gasteiger partial charge in [-0.3, -0.25) is 4.79 Å². The van der Waals surface area contributed by atoms with E-state index >= 15 is 0 Å². The second-order valence-corrected chi connectivity index (χ2v) is 9.85. The van der Waals surface area contributed by atoms with E-state index in [2.05, 4.69) is 60.7 Å². The Kier molecular flexibility index (Phi) is 9.07. The minimum atomic E-state index is -0.00652. The van der Waals surface area contributed by atoms with Crippen LogP contribution in [0, 0.1) is 0 Å². The van der Waals surface area contributed by atoms with Gasteiger partial charge in [-0.25, -0.2) is 0 Å². The Bertz CT molecular complexity index is 1180. The van der Waals surface area contributed by atoms with Gasteiger partial charge in [-0.15, -0.1) is 0 Å². The van der Waals surface area contributed by atoms with Crippen LogP contribution in [0.25, 0.3) is 11.1 Å². The molecule has 0 fully saturated rings. The number of benzene rings is 3. The molecule has 0 aliphatic carbocycles. The second-order valence-electron chi connectivity index (χ2n) is 9.85. The van der Waals surface area contributed by atoms with Crippen LogP contribution >= 0.6 is 0 Å². The average molecular weight is 501 g/mol. The number of ether oxygens (including phenoxy) is 1. The summed E-state index contributed by atoms with van der Waals surface area (Å²) in [6.07, 6.45) is 2.95. The van der Waals surface area contributed by atoms with Crippen molar-refractivity contribution in [3.63, 3.8) is 0 Å². The van der Waals surface area contributed by atoms with Crippen LogP contribution in [-0.2, 0) is 0 Å². The van der Waals surface area contributed by atoms with Gasteiger partial charge in [-0.1, -0.05) is 31.2 Å². The first-order chi connectivity index (χ1) is 18.0. The molecule has 1 aliphatic rings. The predicted octanol–water partition coefficient (Wildman–Crippen LogP) is 6.36. The fraction of sp³-hybridized carbons (Fsp3) is 0.387. The van der Waals surface area contributed by atoms with E-state index in [1.807, 2.05) is 54.4 Å². The van der Waals surface area contributed by atoms with Crippen LogP contribution in [0.2, 0.25) is 0 Å². The average Bonchev–Trinajstić information content (AvgIpc) is 3.09. The maximum Gasteiger partial charge on any atom is 0.258 e. The number of amides is 1. The lowest BCUT2D eigenvalue weighted by Crippen LogP contribution is -2.32. The molecule has 6 heteroatoms. The molecular formula is C31H40N4O2. The molecule has 0 radical (unpaired) electrons. The van der Waals surface area contributed by atoms with Gasteiger partial charge >= 0.3 is 0 Å². The van der Waals surface area contributed by atoms with E-state index in [9.17, 15) is 4.79 Å². The van der Waals surface area contributed by atoms with Crippen molar-refractivity contribution >= 4 is 23.0 Å². The van der Waals surface area contributed by atoms with E-state index in [4.69, 9.17) is 4.74 Å². The number of carbonyl (C=O) groups excluding carboxylic acids is 1. The van der Waals surface area contributed by atoms with Crippen LogP contribution in [0.5, 0.6) is 5.75 Å². The zero-order chi connectivity index (χ0) is 26.2. The minimum absolute atomic E-state index is 0.00652. The summed E-state index contributed by atoms with van der Waals surface area (Å²) in [5.74, 6) is 0.740. The van der Waals surface area contributed by atoms with Gasteiger partial charge in [0.05, 0.1) is 18.0 Å². The lowest BCUT2D eigenvalue weighted by molar-refractivity contribution is 0.0986. The van der Waals surface area contributed by atoms with Crippen LogP contribution in [0.1, 0.15) is 43.5 Å². The molecular weight excluding hydrogens is 460 g/mol. The highest BCUT2D eigenvalue weighted by Crippen LogP contribution is 2.35. The van der Waals surface area contributed by atoms with Gasteiger partial charge in [0.15, 0.2) is 0 Å². The van der Waals surface area contributed by atoms with E-state index in [1.165, 1.54) is 0 Å². The molecule has 1 amide bonds. The van der Waals surface area contributed by atoms with Crippen molar-refractivity contribution in [2.75, 3.05) is 55.9 Å². The third kappa shape index (κ3) is 6.63. The molecule has 2 N–H and O–H groups in total. The van der Waals surface area contributed by atoms with Crippen molar-refractivity contribution in [2.24, 2.45) is 0 Å². The maximum absolute atomic E-state index is 13.8. The maximum atomic E-state index is 13.8. The Hall–Kier alpha value is -3.51. The van der Waals surface area contributed by atoms with Gasteiger partial charge in [-0.05, 0) is 87.8 Å². The Labute approximate surface area is 221 Å². The molecule has 0 saturated heterocycles.